The van der Waals surface area contributed by atoms with Crippen molar-refractivity contribution in [2.45, 2.75) is 25.2 Å². The van der Waals surface area contributed by atoms with Crippen LogP contribution in [-0.4, -0.2) is 4.75 Å². The number of rotatable bonds is 1. The molecular formula is C6H9NP2. The summed E-state index contributed by atoms with van der Waals surface area (Å²) in [5.41, 5.74) is 0. The van der Waals surface area contributed by atoms with Crippen LogP contribution in [0.25, 0.3) is 0 Å². The van der Waals surface area contributed by atoms with Gasteiger partial charge in [-0.15, -0.1) is 0 Å². The van der Waals surface area contributed by atoms with E-state index in [9.17, 15) is 0 Å². The third-order valence-corrected chi connectivity index (χ3v) is 4.46. The molecule has 1 aromatic heterocycles. The second-order valence-electron chi connectivity index (χ2n) is 2.52. The molecule has 1 fully saturated rings. The molecule has 1 aromatic rings. The first-order chi connectivity index (χ1) is 4.47. The van der Waals surface area contributed by atoms with Gasteiger partial charge in [0.05, 0.1) is 0 Å². The zero-order valence-electron chi connectivity index (χ0n) is 5.17. The predicted molar refractivity (Wildman–Crippen MR) is 42.8 cm³/mol. The molecule has 0 aromatic carbocycles. The van der Waals surface area contributed by atoms with E-state index in [1.54, 1.807) is 5.30 Å². The van der Waals surface area contributed by atoms with Gasteiger partial charge in [0.2, 0.25) is 0 Å². The van der Waals surface area contributed by atoms with Crippen molar-refractivity contribution in [2.75, 3.05) is 0 Å². The Kier molecular flexibility index (Phi) is 1.57. The first kappa shape index (κ1) is 5.89. The second kappa shape index (κ2) is 2.40. The molecule has 1 aliphatic rings. The zero-order valence-corrected chi connectivity index (χ0v) is 7.06. The third-order valence-electron chi connectivity index (χ3n) is 1.96. The molecule has 9 heavy (non-hydrogen) atoms. The highest BCUT2D eigenvalue weighted by Gasteiger charge is 2.19. The summed E-state index contributed by atoms with van der Waals surface area (Å²) in [5, 5.41) is 1.61. The summed E-state index contributed by atoms with van der Waals surface area (Å²) in [7, 11) is 2.33. The lowest BCUT2D eigenvalue weighted by Crippen LogP contribution is -2.05. The van der Waals surface area contributed by atoms with E-state index in [1.165, 1.54) is 27.1 Å². The van der Waals surface area contributed by atoms with E-state index in [4.69, 9.17) is 0 Å². The van der Waals surface area contributed by atoms with E-state index in [2.05, 4.69) is 10.9 Å². The fourth-order valence-electron chi connectivity index (χ4n) is 1.11. The fourth-order valence-corrected chi connectivity index (χ4v) is 3.56. The Hall–Kier alpha value is 0.140. The van der Waals surface area contributed by atoms with Crippen LogP contribution < -0.4 is 0 Å². The normalized spacial score (nSPS) is 21.3. The Morgan fingerprint density at radius 3 is 3.00 bits per heavy atom. The average Bonchev–Trinajstić information content (AvgIpc) is 2.11. The molecule has 1 aliphatic carbocycles. The highest BCUT2D eigenvalue weighted by atomic mass is 31.8. The Morgan fingerprint density at radius 1 is 1.67 bits per heavy atom. The topological polar surface area (TPSA) is 12.9 Å². The molecule has 0 bridgehead atoms. The fraction of sp³-hybridized carbons (Fsp3) is 0.667. The molecule has 1 unspecified atom stereocenters. The van der Waals surface area contributed by atoms with Gasteiger partial charge in [0, 0.05) is 11.5 Å². The summed E-state index contributed by atoms with van der Waals surface area (Å²) in [6, 6.07) is 0. The molecule has 1 saturated carbocycles. The monoisotopic (exact) mass is 157 g/mol. The van der Waals surface area contributed by atoms with Gasteiger partial charge in [-0.2, -0.15) is 0 Å². The predicted octanol–water partition coefficient (Wildman–Crippen LogP) is 2.96. The van der Waals surface area contributed by atoms with Crippen molar-refractivity contribution in [1.82, 2.24) is 4.75 Å². The molecule has 3 heteroatoms. The molecule has 0 N–H and O–H groups in total. The summed E-state index contributed by atoms with van der Waals surface area (Å²) in [6.07, 6.45) is 6.40. The van der Waals surface area contributed by atoms with Crippen molar-refractivity contribution >= 4 is 15.9 Å². The lowest BCUT2D eigenvalue weighted by Gasteiger charge is -2.23. The summed E-state index contributed by atoms with van der Waals surface area (Å²) in [6.45, 7) is 0. The maximum atomic E-state index is 4.22. The van der Waals surface area contributed by atoms with E-state index in [0.29, 0.717) is 0 Å². The third kappa shape index (κ3) is 1.04. The molecule has 0 amide bonds. The molecule has 0 radical (unpaired) electrons. The van der Waals surface area contributed by atoms with Gasteiger partial charge in [-0.1, -0.05) is 6.42 Å². The molecular weight excluding hydrogens is 148 g/mol. The highest BCUT2D eigenvalue weighted by molar-refractivity contribution is 7.89. The first-order valence-electron chi connectivity index (χ1n) is 3.32. The molecule has 0 spiro atoms. The van der Waals surface area contributed by atoms with Gasteiger partial charge < -0.3 is 0 Å². The number of nitrogens with zero attached hydrogens (tertiary/aromatic N) is 1. The molecule has 0 saturated heterocycles. The first-order valence-corrected chi connectivity index (χ1v) is 6.01. The summed E-state index contributed by atoms with van der Waals surface area (Å²) in [4.78, 5) is 0. The van der Waals surface area contributed by atoms with Crippen LogP contribution in [0.5, 0.6) is 0 Å². The van der Waals surface area contributed by atoms with Gasteiger partial charge in [0.15, 0.2) is 0 Å². The maximum Gasteiger partial charge on any atom is 0.0394 e. The van der Waals surface area contributed by atoms with Gasteiger partial charge in [-0.3, -0.25) is 0 Å². The molecule has 0 aliphatic heterocycles. The van der Waals surface area contributed by atoms with Gasteiger partial charge in [-0.05, 0) is 34.7 Å². The van der Waals surface area contributed by atoms with E-state index in [0.717, 1.165) is 13.9 Å². The van der Waals surface area contributed by atoms with Crippen LogP contribution in [0.2, 0.25) is 0 Å². The van der Waals surface area contributed by atoms with Crippen molar-refractivity contribution in [3.63, 3.8) is 0 Å². The quantitative estimate of drug-likeness (QED) is 0.610. The summed E-state index contributed by atoms with van der Waals surface area (Å²) < 4.78 is 4.22. The molecule has 1 atom stereocenters. The van der Waals surface area contributed by atoms with Crippen LogP contribution in [-0.2, 0) is 0 Å². The lowest BCUT2D eigenvalue weighted by molar-refractivity contribution is 0.425. The minimum absolute atomic E-state index is 0.823. The van der Waals surface area contributed by atoms with Crippen molar-refractivity contribution in [3.8, 4) is 0 Å². The van der Waals surface area contributed by atoms with Crippen molar-refractivity contribution in [3.05, 3.63) is 11.5 Å². The molecule has 1 heterocycles. The van der Waals surface area contributed by atoms with E-state index < -0.39 is 0 Å². The van der Waals surface area contributed by atoms with E-state index >= 15 is 0 Å². The minimum Gasteiger partial charge on any atom is -0.244 e. The van der Waals surface area contributed by atoms with Gasteiger partial charge in [0.1, 0.15) is 0 Å². The standard InChI is InChI=1S/C6H9NP2/c1-2-5(3-1)6-4-7-9-8-6/h4-5,9H,1-3H2. The number of aromatic nitrogens is 1. The maximum absolute atomic E-state index is 4.22. The average molecular weight is 157 g/mol. The van der Waals surface area contributed by atoms with Crippen LogP contribution in [0, 0.1) is 0 Å². The number of hydrogen-bond acceptors (Lipinski definition) is 1. The Morgan fingerprint density at radius 2 is 2.56 bits per heavy atom. The molecule has 48 valence electrons. The summed E-state index contributed by atoms with van der Waals surface area (Å²) in [5.74, 6) is 0.936. The smallest absolute Gasteiger partial charge is 0.0394 e. The van der Waals surface area contributed by atoms with Gasteiger partial charge in [-0.25, -0.2) is 4.75 Å². The van der Waals surface area contributed by atoms with Gasteiger partial charge >= 0.3 is 0 Å². The minimum atomic E-state index is 0.823. The van der Waals surface area contributed by atoms with Crippen LogP contribution >= 0.6 is 15.9 Å². The highest BCUT2D eigenvalue weighted by Crippen LogP contribution is 2.42. The van der Waals surface area contributed by atoms with E-state index in [1.807, 2.05) is 0 Å². The Balaban J connectivity index is 2.14. The van der Waals surface area contributed by atoms with Crippen LogP contribution in [0.3, 0.4) is 0 Å². The van der Waals surface area contributed by atoms with Crippen molar-refractivity contribution in [2.24, 2.45) is 0 Å². The van der Waals surface area contributed by atoms with Crippen molar-refractivity contribution in [1.29, 1.82) is 0 Å². The summed E-state index contributed by atoms with van der Waals surface area (Å²) >= 11 is 0. The van der Waals surface area contributed by atoms with Crippen LogP contribution in [0.4, 0.5) is 0 Å². The van der Waals surface area contributed by atoms with Crippen LogP contribution in [0.1, 0.15) is 30.5 Å². The van der Waals surface area contributed by atoms with Crippen molar-refractivity contribution < 1.29 is 0 Å². The Labute approximate surface area is 58.0 Å². The van der Waals surface area contributed by atoms with Gasteiger partial charge in [0.25, 0.3) is 0 Å². The lowest BCUT2D eigenvalue weighted by atomic mass is 9.85. The zero-order chi connectivity index (χ0) is 6.10. The SMILES string of the molecule is c1n[pH]pc1C1CCC1. The largest absolute Gasteiger partial charge is 0.244 e. The van der Waals surface area contributed by atoms with Crippen LogP contribution in [0.15, 0.2) is 6.20 Å². The molecule has 1 nitrogen and oxygen atoms in total. The Bertz CT molecular complexity index is 179. The second-order valence-corrected chi connectivity index (χ2v) is 4.99. The van der Waals surface area contributed by atoms with E-state index in [-0.39, 0.29) is 0 Å². The number of hydrogen-bond donors (Lipinski definition) is 0. The molecule has 2 rings (SSSR count).